The Morgan fingerprint density at radius 2 is 2.25 bits per heavy atom. The molecule has 0 spiro atoms. The van der Waals surface area contributed by atoms with Gasteiger partial charge in [-0.25, -0.2) is 4.98 Å². The fourth-order valence-electron chi connectivity index (χ4n) is 1.86. The smallest absolute Gasteiger partial charge is 0.0952 e. The first-order valence-electron chi connectivity index (χ1n) is 4.65. The average molecular weight is 165 g/mol. The van der Waals surface area contributed by atoms with Crippen molar-refractivity contribution in [3.05, 3.63) is 17.7 Å². The number of aromatic nitrogens is 2. The molecular weight excluding hydrogens is 150 g/mol. The highest BCUT2D eigenvalue weighted by Crippen LogP contribution is 2.19. The third kappa shape index (κ3) is 1.25. The zero-order valence-electron chi connectivity index (χ0n) is 7.29. The molecule has 1 aromatic heterocycles. The van der Waals surface area contributed by atoms with Crippen LogP contribution in [0.25, 0.3) is 0 Å². The van der Waals surface area contributed by atoms with Crippen LogP contribution >= 0.6 is 0 Å². The van der Waals surface area contributed by atoms with Crippen LogP contribution in [0.2, 0.25) is 0 Å². The molecule has 12 heavy (non-hydrogen) atoms. The van der Waals surface area contributed by atoms with E-state index in [1.807, 2.05) is 6.33 Å². The van der Waals surface area contributed by atoms with Gasteiger partial charge in [-0.3, -0.25) is 0 Å². The summed E-state index contributed by atoms with van der Waals surface area (Å²) in [5, 5.41) is 0. The summed E-state index contributed by atoms with van der Waals surface area (Å²) in [6, 6.07) is 0. The molecule has 66 valence electrons. The molecule has 2 rings (SSSR count). The molecule has 2 N–H and O–H groups in total. The SMILES string of the molecule is NCCn1cnc2c1CCCC2. The number of nitrogens with two attached hydrogens (primary N) is 1. The molecule has 0 aliphatic heterocycles. The van der Waals surface area contributed by atoms with Crippen molar-refractivity contribution in [2.45, 2.75) is 32.2 Å². The molecule has 0 fully saturated rings. The topological polar surface area (TPSA) is 43.8 Å². The molecule has 0 saturated carbocycles. The second-order valence-electron chi connectivity index (χ2n) is 3.33. The van der Waals surface area contributed by atoms with E-state index in [-0.39, 0.29) is 0 Å². The second kappa shape index (κ2) is 3.27. The predicted molar refractivity (Wildman–Crippen MR) is 47.9 cm³/mol. The van der Waals surface area contributed by atoms with Crippen LogP contribution in [0.3, 0.4) is 0 Å². The van der Waals surface area contributed by atoms with Gasteiger partial charge in [0.25, 0.3) is 0 Å². The minimum atomic E-state index is 0.711. The van der Waals surface area contributed by atoms with Crippen LogP contribution in [-0.4, -0.2) is 16.1 Å². The lowest BCUT2D eigenvalue weighted by Gasteiger charge is -2.12. The van der Waals surface area contributed by atoms with E-state index in [4.69, 9.17) is 5.73 Å². The molecule has 0 aromatic carbocycles. The Bertz CT molecular complexity index is 265. The Labute approximate surface area is 72.6 Å². The Kier molecular flexibility index (Phi) is 2.13. The minimum absolute atomic E-state index is 0.711. The first-order valence-corrected chi connectivity index (χ1v) is 4.65. The molecule has 0 bridgehead atoms. The zero-order valence-corrected chi connectivity index (χ0v) is 7.29. The zero-order chi connectivity index (χ0) is 8.39. The van der Waals surface area contributed by atoms with Crippen LogP contribution in [0.5, 0.6) is 0 Å². The van der Waals surface area contributed by atoms with Gasteiger partial charge in [0.1, 0.15) is 0 Å². The summed E-state index contributed by atoms with van der Waals surface area (Å²) in [6.07, 6.45) is 6.89. The summed E-state index contributed by atoms with van der Waals surface area (Å²) in [7, 11) is 0. The Morgan fingerprint density at radius 1 is 1.42 bits per heavy atom. The highest BCUT2D eigenvalue weighted by Gasteiger charge is 2.13. The van der Waals surface area contributed by atoms with Gasteiger partial charge in [-0.1, -0.05) is 0 Å². The number of hydrogen-bond acceptors (Lipinski definition) is 2. The van der Waals surface area contributed by atoms with Crippen molar-refractivity contribution in [3.63, 3.8) is 0 Å². The van der Waals surface area contributed by atoms with Crippen LogP contribution in [0.4, 0.5) is 0 Å². The van der Waals surface area contributed by atoms with Gasteiger partial charge in [0.15, 0.2) is 0 Å². The van der Waals surface area contributed by atoms with Crippen molar-refractivity contribution in [1.29, 1.82) is 0 Å². The quantitative estimate of drug-likeness (QED) is 0.701. The van der Waals surface area contributed by atoms with E-state index in [0.717, 1.165) is 13.0 Å². The standard InChI is InChI=1S/C9H15N3/c10-5-6-12-7-11-8-3-1-2-4-9(8)12/h7H,1-6,10H2. The summed E-state index contributed by atoms with van der Waals surface area (Å²) < 4.78 is 2.20. The molecule has 0 amide bonds. The van der Waals surface area contributed by atoms with Crippen LogP contribution in [-0.2, 0) is 19.4 Å². The third-order valence-corrected chi connectivity index (χ3v) is 2.48. The van der Waals surface area contributed by atoms with E-state index in [0.29, 0.717) is 6.54 Å². The molecule has 0 atom stereocenters. The summed E-state index contributed by atoms with van der Waals surface area (Å²) >= 11 is 0. The number of rotatable bonds is 2. The lowest BCUT2D eigenvalue weighted by Crippen LogP contribution is -2.13. The molecular formula is C9H15N3. The number of imidazole rings is 1. The second-order valence-corrected chi connectivity index (χ2v) is 3.33. The lowest BCUT2D eigenvalue weighted by molar-refractivity contribution is 0.607. The minimum Gasteiger partial charge on any atom is -0.333 e. The van der Waals surface area contributed by atoms with Crippen molar-refractivity contribution in [3.8, 4) is 0 Å². The van der Waals surface area contributed by atoms with Gasteiger partial charge in [-0.15, -0.1) is 0 Å². The van der Waals surface area contributed by atoms with Crippen LogP contribution in [0, 0.1) is 0 Å². The van der Waals surface area contributed by atoms with Crippen molar-refractivity contribution < 1.29 is 0 Å². The van der Waals surface area contributed by atoms with Gasteiger partial charge >= 0.3 is 0 Å². The molecule has 1 aliphatic carbocycles. The van der Waals surface area contributed by atoms with Crippen LogP contribution < -0.4 is 5.73 Å². The molecule has 1 aliphatic rings. The van der Waals surface area contributed by atoms with Gasteiger partial charge < -0.3 is 10.3 Å². The van der Waals surface area contributed by atoms with Crippen molar-refractivity contribution in [2.24, 2.45) is 5.73 Å². The highest BCUT2D eigenvalue weighted by atomic mass is 15.1. The molecule has 0 radical (unpaired) electrons. The fraction of sp³-hybridized carbons (Fsp3) is 0.667. The molecule has 0 saturated heterocycles. The highest BCUT2D eigenvalue weighted by molar-refractivity contribution is 5.16. The molecule has 1 aromatic rings. The van der Waals surface area contributed by atoms with Crippen LogP contribution in [0.15, 0.2) is 6.33 Å². The predicted octanol–water partition coefficient (Wildman–Crippen LogP) is 0.721. The number of fused-ring (bicyclic) bond motifs is 1. The number of hydrogen-bond donors (Lipinski definition) is 1. The average Bonchev–Trinajstić information content (AvgIpc) is 2.50. The monoisotopic (exact) mass is 165 g/mol. The lowest BCUT2D eigenvalue weighted by atomic mass is 10.0. The summed E-state index contributed by atoms with van der Waals surface area (Å²) in [6.45, 7) is 1.63. The van der Waals surface area contributed by atoms with Gasteiger partial charge in [-0.2, -0.15) is 0 Å². The first kappa shape index (κ1) is 7.80. The first-order chi connectivity index (χ1) is 5.92. The molecule has 1 heterocycles. The van der Waals surface area contributed by atoms with Crippen LogP contribution in [0.1, 0.15) is 24.2 Å². The Morgan fingerprint density at radius 3 is 3.08 bits per heavy atom. The van der Waals surface area contributed by atoms with Crippen molar-refractivity contribution >= 4 is 0 Å². The molecule has 3 nitrogen and oxygen atoms in total. The van der Waals surface area contributed by atoms with Gasteiger partial charge in [0.2, 0.25) is 0 Å². The third-order valence-electron chi connectivity index (χ3n) is 2.48. The molecule has 3 heteroatoms. The Balaban J connectivity index is 2.25. The molecule has 0 unspecified atom stereocenters. The largest absolute Gasteiger partial charge is 0.333 e. The summed E-state index contributed by atoms with van der Waals surface area (Å²) in [4.78, 5) is 4.38. The van der Waals surface area contributed by atoms with E-state index < -0.39 is 0 Å². The summed E-state index contributed by atoms with van der Waals surface area (Å²) in [5.41, 5.74) is 8.23. The fourth-order valence-corrected chi connectivity index (χ4v) is 1.86. The maximum Gasteiger partial charge on any atom is 0.0952 e. The van der Waals surface area contributed by atoms with E-state index in [2.05, 4.69) is 9.55 Å². The normalized spacial score (nSPS) is 16.1. The summed E-state index contributed by atoms with van der Waals surface area (Å²) in [5.74, 6) is 0. The Hall–Kier alpha value is -0.830. The van der Waals surface area contributed by atoms with Crippen molar-refractivity contribution in [2.75, 3.05) is 6.54 Å². The van der Waals surface area contributed by atoms with E-state index in [9.17, 15) is 0 Å². The van der Waals surface area contributed by atoms with E-state index in [1.54, 1.807) is 0 Å². The number of aryl methyl sites for hydroxylation is 1. The van der Waals surface area contributed by atoms with E-state index in [1.165, 1.54) is 30.7 Å². The van der Waals surface area contributed by atoms with Gasteiger partial charge in [0.05, 0.1) is 12.0 Å². The van der Waals surface area contributed by atoms with E-state index >= 15 is 0 Å². The van der Waals surface area contributed by atoms with Gasteiger partial charge in [0, 0.05) is 18.8 Å². The van der Waals surface area contributed by atoms with Crippen molar-refractivity contribution in [1.82, 2.24) is 9.55 Å². The maximum atomic E-state index is 5.50. The maximum absolute atomic E-state index is 5.50. The number of nitrogens with zero attached hydrogens (tertiary/aromatic N) is 2. The van der Waals surface area contributed by atoms with Gasteiger partial charge in [-0.05, 0) is 25.7 Å².